The van der Waals surface area contributed by atoms with Gasteiger partial charge in [-0.2, -0.15) is 13.9 Å². The summed E-state index contributed by atoms with van der Waals surface area (Å²) >= 11 is 1.44. The third kappa shape index (κ3) is 6.65. The van der Waals surface area contributed by atoms with Gasteiger partial charge in [0.05, 0.1) is 31.1 Å². The van der Waals surface area contributed by atoms with Crippen LogP contribution < -0.4 is 15.5 Å². The van der Waals surface area contributed by atoms with Crippen molar-refractivity contribution >= 4 is 29.2 Å². The van der Waals surface area contributed by atoms with E-state index in [9.17, 15) is 18.4 Å². The van der Waals surface area contributed by atoms with Crippen molar-refractivity contribution in [1.29, 1.82) is 0 Å². The Balaban J connectivity index is 1.21. The van der Waals surface area contributed by atoms with Gasteiger partial charge in [-0.1, -0.05) is 0 Å². The molecule has 12 nitrogen and oxygen atoms in total. The summed E-state index contributed by atoms with van der Waals surface area (Å²) in [5, 5.41) is 8.67. The van der Waals surface area contributed by atoms with Crippen molar-refractivity contribution in [3.8, 4) is 5.75 Å². The Bertz CT molecular complexity index is 1520. The monoisotopic (exact) mass is 628 g/mol. The number of benzene rings is 1. The number of ether oxygens (including phenoxy) is 2. The Morgan fingerprint density at radius 1 is 1.20 bits per heavy atom. The predicted molar refractivity (Wildman–Crippen MR) is 158 cm³/mol. The number of rotatable bonds is 9. The number of morpholine rings is 1. The first-order valence-corrected chi connectivity index (χ1v) is 15.7. The minimum atomic E-state index is -3.04. The van der Waals surface area contributed by atoms with Gasteiger partial charge in [0.25, 0.3) is 5.91 Å². The molecule has 44 heavy (non-hydrogen) atoms. The Morgan fingerprint density at radius 3 is 2.75 bits per heavy atom. The molecule has 234 valence electrons. The van der Waals surface area contributed by atoms with E-state index in [1.54, 1.807) is 41.8 Å². The number of halogens is 2. The number of amides is 2. The number of aromatic nitrogens is 3. The normalized spacial score (nSPS) is 19.9. The molecule has 0 radical (unpaired) electrons. The summed E-state index contributed by atoms with van der Waals surface area (Å²) in [6.07, 6.45) is 9.93. The number of hydrogen-bond acceptors (Lipinski definition) is 10. The van der Waals surface area contributed by atoms with E-state index in [-0.39, 0.29) is 23.8 Å². The molecule has 2 saturated heterocycles. The molecule has 15 heteroatoms. The number of thioether (sulfide) groups is 1. The molecule has 1 unspecified atom stereocenters. The average molecular weight is 629 g/mol. The number of nitrogens with one attached hydrogen (secondary N) is 2. The Hall–Kier alpha value is -3.79. The topological polar surface area (TPSA) is 117 Å². The number of alkyl halides is 2. The smallest absolute Gasteiger partial charge is 0.387 e. The molecule has 2 fully saturated rings. The van der Waals surface area contributed by atoms with E-state index in [0.29, 0.717) is 36.0 Å². The van der Waals surface area contributed by atoms with Gasteiger partial charge < -0.3 is 24.7 Å². The van der Waals surface area contributed by atoms with Crippen molar-refractivity contribution in [2.45, 2.75) is 36.4 Å². The number of carbonyl (C=O) groups excluding carboxylic acids is 2. The van der Waals surface area contributed by atoms with Crippen LogP contribution in [0.25, 0.3) is 5.65 Å². The minimum absolute atomic E-state index is 0.0103. The van der Waals surface area contributed by atoms with E-state index >= 15 is 0 Å². The lowest BCUT2D eigenvalue weighted by Gasteiger charge is -2.40. The summed E-state index contributed by atoms with van der Waals surface area (Å²) in [4.78, 5) is 36.2. The zero-order valence-corrected chi connectivity index (χ0v) is 25.0. The van der Waals surface area contributed by atoms with Crippen molar-refractivity contribution in [2.75, 3.05) is 52.2 Å². The van der Waals surface area contributed by atoms with Crippen molar-refractivity contribution < 1.29 is 27.8 Å². The first-order chi connectivity index (χ1) is 21.4. The second-order valence-corrected chi connectivity index (χ2v) is 11.6. The highest BCUT2D eigenvalue weighted by Crippen LogP contribution is 2.36. The first kappa shape index (κ1) is 30.2. The van der Waals surface area contributed by atoms with Gasteiger partial charge >= 0.3 is 6.61 Å². The number of carbonyl (C=O) groups is 2. The van der Waals surface area contributed by atoms with E-state index in [1.165, 1.54) is 28.5 Å². The summed E-state index contributed by atoms with van der Waals surface area (Å²) in [5.74, 6) is -0.590. The number of hydrogen-bond donors (Lipinski definition) is 2. The van der Waals surface area contributed by atoms with Gasteiger partial charge in [0.15, 0.2) is 5.65 Å². The maximum Gasteiger partial charge on any atom is 0.387 e. The maximum absolute atomic E-state index is 13.4. The van der Waals surface area contributed by atoms with Gasteiger partial charge in [0.1, 0.15) is 17.9 Å². The summed E-state index contributed by atoms with van der Waals surface area (Å²) in [6, 6.07) is 6.26. The fraction of sp³-hybridized carbons (Fsp3) is 0.448. The molecule has 0 saturated carbocycles. The molecule has 2 N–H and O–H groups in total. The fourth-order valence-electron chi connectivity index (χ4n) is 5.88. The molecule has 0 spiro atoms. The average Bonchev–Trinajstić information content (AvgIpc) is 3.65. The molecule has 1 aromatic carbocycles. The van der Waals surface area contributed by atoms with Crippen molar-refractivity contribution in [1.82, 2.24) is 40.1 Å². The van der Waals surface area contributed by atoms with Crippen LogP contribution in [0.15, 0.2) is 59.6 Å². The van der Waals surface area contributed by atoms with Crippen LogP contribution in [-0.4, -0.2) is 106 Å². The lowest BCUT2D eigenvalue weighted by atomic mass is 10.0. The molecule has 1 atom stereocenters. The second kappa shape index (κ2) is 13.5. The van der Waals surface area contributed by atoms with Gasteiger partial charge in [0.2, 0.25) is 5.91 Å². The minimum Gasteiger partial charge on any atom is -0.434 e. The van der Waals surface area contributed by atoms with Gasteiger partial charge in [-0.25, -0.2) is 14.9 Å². The molecule has 5 heterocycles. The highest BCUT2D eigenvalue weighted by Gasteiger charge is 2.34. The second-order valence-electron chi connectivity index (χ2n) is 10.7. The van der Waals surface area contributed by atoms with Crippen molar-refractivity contribution in [2.24, 2.45) is 0 Å². The molecule has 3 aromatic rings. The summed E-state index contributed by atoms with van der Waals surface area (Å²) < 4.78 is 38.6. The molecule has 3 aliphatic heterocycles. The van der Waals surface area contributed by atoms with Crippen LogP contribution in [0.5, 0.6) is 5.75 Å². The third-order valence-electron chi connectivity index (χ3n) is 8.11. The molecule has 3 aliphatic rings. The van der Waals surface area contributed by atoms with Crippen LogP contribution >= 0.6 is 11.8 Å². The van der Waals surface area contributed by atoms with Crippen LogP contribution in [0, 0.1) is 0 Å². The Kier molecular flexibility index (Phi) is 9.25. The first-order valence-electron chi connectivity index (χ1n) is 14.5. The quantitative estimate of drug-likeness (QED) is 0.343. The number of fused-ring (bicyclic) bond motifs is 1. The zero-order chi connectivity index (χ0) is 30.6. The predicted octanol–water partition coefficient (Wildman–Crippen LogP) is 2.51. The standard InChI is InChI=1S/C29H34F2N8O4S/c1-44-20-3-4-24(43-29(30)31)21(15-20)26-23(34-28(41)22-16-33-39-8-2-7-32-27(22)39)17-38(35-26)18-25(40)37-9-5-19(6-10-37)36-11-13-42-14-12-36/h2-4,7-8,15-17,19,26,29,35H,5-6,9-14,18H2,1H3,(H,34,41). The number of nitrogens with zero attached hydrogens (tertiary/aromatic N) is 6. The van der Waals surface area contributed by atoms with Gasteiger partial charge in [0, 0.05) is 61.3 Å². The van der Waals surface area contributed by atoms with Crippen molar-refractivity contribution in [3.05, 3.63) is 65.9 Å². The summed E-state index contributed by atoms with van der Waals surface area (Å²) in [6.45, 7) is 1.55. The molecular weight excluding hydrogens is 594 g/mol. The summed E-state index contributed by atoms with van der Waals surface area (Å²) in [7, 11) is 0. The van der Waals surface area contributed by atoms with Gasteiger partial charge in [-0.15, -0.1) is 11.8 Å². The van der Waals surface area contributed by atoms with Crippen LogP contribution in [0.3, 0.4) is 0 Å². The molecular formula is C29H34F2N8O4S. The number of piperidine rings is 1. The molecule has 2 amide bonds. The Labute approximate surface area is 257 Å². The molecule has 0 bridgehead atoms. The van der Waals surface area contributed by atoms with E-state index in [0.717, 1.165) is 44.0 Å². The van der Waals surface area contributed by atoms with E-state index in [4.69, 9.17) is 9.47 Å². The lowest BCUT2D eigenvalue weighted by Crippen LogP contribution is -2.51. The molecule has 0 aliphatic carbocycles. The molecule has 2 aromatic heterocycles. The van der Waals surface area contributed by atoms with Crippen LogP contribution in [-0.2, 0) is 9.53 Å². The van der Waals surface area contributed by atoms with Crippen LogP contribution in [0.1, 0.15) is 34.8 Å². The highest BCUT2D eigenvalue weighted by molar-refractivity contribution is 7.98. The number of hydrazine groups is 1. The SMILES string of the molecule is CSc1ccc(OC(F)F)c(C2NN(CC(=O)N3CCC(N4CCOCC4)CC3)C=C2NC(=O)c2cnn3cccnc23)c1. The fourth-order valence-corrected chi connectivity index (χ4v) is 6.33. The number of likely N-dealkylation sites (tertiary alicyclic amines) is 1. The highest BCUT2D eigenvalue weighted by atomic mass is 32.2. The lowest BCUT2D eigenvalue weighted by molar-refractivity contribution is -0.134. The van der Waals surface area contributed by atoms with E-state index < -0.39 is 18.6 Å². The van der Waals surface area contributed by atoms with Gasteiger partial charge in [-0.3, -0.25) is 14.5 Å². The van der Waals surface area contributed by atoms with Gasteiger partial charge in [-0.05, 0) is 43.4 Å². The van der Waals surface area contributed by atoms with Crippen LogP contribution in [0.4, 0.5) is 8.78 Å². The molecule has 6 rings (SSSR count). The van der Waals surface area contributed by atoms with Crippen molar-refractivity contribution in [3.63, 3.8) is 0 Å². The largest absolute Gasteiger partial charge is 0.434 e. The van der Waals surface area contributed by atoms with E-state index in [1.807, 2.05) is 11.2 Å². The van der Waals surface area contributed by atoms with Crippen LogP contribution in [0.2, 0.25) is 0 Å². The Morgan fingerprint density at radius 2 is 2.00 bits per heavy atom. The summed E-state index contributed by atoms with van der Waals surface area (Å²) in [5.41, 5.74) is 4.59. The third-order valence-corrected chi connectivity index (χ3v) is 8.84. The maximum atomic E-state index is 13.4. The van der Waals surface area contributed by atoms with E-state index in [2.05, 4.69) is 25.7 Å². The zero-order valence-electron chi connectivity index (χ0n) is 24.2.